The zero-order valence-electron chi connectivity index (χ0n) is 15.7. The number of benzene rings is 1. The molecule has 0 unspecified atom stereocenters. The number of imidazole rings is 1. The third kappa shape index (κ3) is 2.58. The van der Waals surface area contributed by atoms with E-state index in [-0.39, 0.29) is 5.97 Å². The second-order valence-corrected chi connectivity index (χ2v) is 7.79. The van der Waals surface area contributed by atoms with Crippen LogP contribution in [-0.2, 0) is 11.8 Å². The number of ether oxygens (including phenoxy) is 1. The smallest absolute Gasteiger partial charge is 0.337 e. The number of hydrogen-bond donors (Lipinski definition) is 1. The van der Waals surface area contributed by atoms with E-state index in [2.05, 4.69) is 16.4 Å². The number of carbonyl (C=O) groups is 1. The standard InChI is InChI=1S/C20H27N3O3/c1-4-20(25)9-5-6-14-11-23(12-15(14)20)19-21-16-10-13(18(24)26-3)7-8-17(16)22(19)2/h7-8,10,14-15,25H,4-6,9,11-12H2,1-3H3/t14-,15+,20-/m0/s1. The summed E-state index contributed by atoms with van der Waals surface area (Å²) in [5, 5.41) is 11.0. The van der Waals surface area contributed by atoms with Crippen LogP contribution in [0.25, 0.3) is 11.0 Å². The van der Waals surface area contributed by atoms with Crippen molar-refractivity contribution in [2.75, 3.05) is 25.1 Å². The molecule has 3 atom stereocenters. The average molecular weight is 357 g/mol. The lowest BCUT2D eigenvalue weighted by Gasteiger charge is -2.40. The van der Waals surface area contributed by atoms with Gasteiger partial charge in [0.2, 0.25) is 5.95 Å². The predicted octanol–water partition coefficient (Wildman–Crippen LogP) is 2.74. The van der Waals surface area contributed by atoms with Gasteiger partial charge in [0.25, 0.3) is 0 Å². The van der Waals surface area contributed by atoms with Crippen molar-refractivity contribution >= 4 is 23.0 Å². The van der Waals surface area contributed by atoms with Gasteiger partial charge in [-0.1, -0.05) is 13.3 Å². The third-order valence-corrected chi connectivity index (χ3v) is 6.49. The van der Waals surface area contributed by atoms with Gasteiger partial charge in [-0.2, -0.15) is 0 Å². The van der Waals surface area contributed by atoms with Crippen LogP contribution in [0, 0.1) is 11.8 Å². The lowest BCUT2D eigenvalue weighted by atomic mass is 9.69. The molecular formula is C20H27N3O3. The Bertz CT molecular complexity index is 846. The Morgan fingerprint density at radius 1 is 1.42 bits per heavy atom. The summed E-state index contributed by atoms with van der Waals surface area (Å²) >= 11 is 0. The van der Waals surface area contributed by atoms with Crippen molar-refractivity contribution in [3.8, 4) is 0 Å². The van der Waals surface area contributed by atoms with Crippen molar-refractivity contribution in [1.29, 1.82) is 0 Å². The Morgan fingerprint density at radius 2 is 2.23 bits per heavy atom. The van der Waals surface area contributed by atoms with Gasteiger partial charge in [-0.15, -0.1) is 0 Å². The molecule has 1 aromatic heterocycles. The number of aryl methyl sites for hydroxylation is 1. The molecule has 26 heavy (non-hydrogen) atoms. The maximum Gasteiger partial charge on any atom is 0.337 e. The molecule has 2 heterocycles. The Labute approximate surface area is 153 Å². The molecule has 2 aliphatic rings. The second kappa shape index (κ2) is 6.27. The van der Waals surface area contributed by atoms with Crippen molar-refractivity contribution in [2.45, 2.75) is 38.2 Å². The van der Waals surface area contributed by atoms with Crippen LogP contribution in [0.1, 0.15) is 43.0 Å². The summed E-state index contributed by atoms with van der Waals surface area (Å²) < 4.78 is 6.89. The largest absolute Gasteiger partial charge is 0.465 e. The Hall–Kier alpha value is -2.08. The number of aliphatic hydroxyl groups is 1. The maximum absolute atomic E-state index is 11.8. The van der Waals surface area contributed by atoms with Gasteiger partial charge in [-0.25, -0.2) is 9.78 Å². The highest BCUT2D eigenvalue weighted by atomic mass is 16.5. The number of carbonyl (C=O) groups excluding carboxylic acids is 1. The quantitative estimate of drug-likeness (QED) is 0.856. The number of hydrogen-bond acceptors (Lipinski definition) is 5. The predicted molar refractivity (Wildman–Crippen MR) is 100 cm³/mol. The summed E-state index contributed by atoms with van der Waals surface area (Å²) in [4.78, 5) is 18.9. The van der Waals surface area contributed by atoms with Crippen molar-refractivity contribution in [3.63, 3.8) is 0 Å². The van der Waals surface area contributed by atoms with Crippen LogP contribution in [0.4, 0.5) is 5.95 Å². The van der Waals surface area contributed by atoms with Crippen LogP contribution in [-0.4, -0.2) is 46.4 Å². The van der Waals surface area contributed by atoms with E-state index in [4.69, 9.17) is 9.72 Å². The molecule has 0 bridgehead atoms. The zero-order chi connectivity index (χ0) is 18.5. The van der Waals surface area contributed by atoms with Crippen molar-refractivity contribution in [3.05, 3.63) is 23.8 Å². The highest BCUT2D eigenvalue weighted by Crippen LogP contribution is 2.45. The molecule has 0 radical (unpaired) electrons. The van der Waals surface area contributed by atoms with Gasteiger partial charge in [-0.05, 0) is 43.4 Å². The van der Waals surface area contributed by atoms with Crippen LogP contribution in [0.2, 0.25) is 0 Å². The first-order valence-electron chi connectivity index (χ1n) is 9.49. The van der Waals surface area contributed by atoms with Crippen LogP contribution in [0.15, 0.2) is 18.2 Å². The Balaban J connectivity index is 1.67. The van der Waals surface area contributed by atoms with Gasteiger partial charge >= 0.3 is 5.97 Å². The first kappa shape index (κ1) is 17.3. The summed E-state index contributed by atoms with van der Waals surface area (Å²) in [6.07, 6.45) is 4.00. The van der Waals surface area contributed by atoms with Gasteiger partial charge in [0.15, 0.2) is 0 Å². The lowest BCUT2D eigenvalue weighted by molar-refractivity contribution is -0.0597. The molecule has 1 aliphatic carbocycles. The molecule has 140 valence electrons. The molecule has 1 aliphatic heterocycles. The van der Waals surface area contributed by atoms with E-state index in [0.717, 1.165) is 49.3 Å². The topological polar surface area (TPSA) is 67.6 Å². The summed E-state index contributed by atoms with van der Waals surface area (Å²) in [5.74, 6) is 1.40. The first-order chi connectivity index (χ1) is 12.5. The minimum Gasteiger partial charge on any atom is -0.465 e. The normalized spacial score (nSPS) is 28.4. The van der Waals surface area contributed by atoms with Gasteiger partial charge < -0.3 is 19.3 Å². The number of methoxy groups -OCH3 is 1. The SMILES string of the molecule is CC[C@]1(O)CCC[C@H]2CN(c3nc4cc(C(=O)OC)ccc4n3C)C[C@H]21. The second-order valence-electron chi connectivity index (χ2n) is 7.79. The molecule has 6 heteroatoms. The fourth-order valence-corrected chi connectivity index (χ4v) is 4.95. The maximum atomic E-state index is 11.8. The van der Waals surface area contributed by atoms with E-state index >= 15 is 0 Å². The van der Waals surface area contributed by atoms with Crippen molar-refractivity contribution in [1.82, 2.24) is 9.55 Å². The fraction of sp³-hybridized carbons (Fsp3) is 0.600. The highest BCUT2D eigenvalue weighted by molar-refractivity contribution is 5.94. The molecule has 0 amide bonds. The Kier molecular flexibility index (Phi) is 4.18. The monoisotopic (exact) mass is 357 g/mol. The van der Waals surface area contributed by atoms with E-state index in [1.807, 2.05) is 13.1 Å². The van der Waals surface area contributed by atoms with Gasteiger partial charge in [-0.3, -0.25) is 0 Å². The van der Waals surface area contributed by atoms with Crippen molar-refractivity contribution < 1.29 is 14.6 Å². The van der Waals surface area contributed by atoms with E-state index in [9.17, 15) is 9.90 Å². The lowest BCUT2D eigenvalue weighted by Crippen LogP contribution is -2.44. The number of rotatable bonds is 3. The van der Waals surface area contributed by atoms with Crippen LogP contribution in [0.3, 0.4) is 0 Å². The van der Waals surface area contributed by atoms with Gasteiger partial charge in [0, 0.05) is 26.1 Å². The molecule has 1 N–H and O–H groups in total. The summed E-state index contributed by atoms with van der Waals surface area (Å²) in [6, 6.07) is 5.49. The number of aromatic nitrogens is 2. The van der Waals surface area contributed by atoms with Crippen LogP contribution < -0.4 is 4.90 Å². The van der Waals surface area contributed by atoms with E-state index in [1.54, 1.807) is 12.1 Å². The molecule has 1 saturated heterocycles. The van der Waals surface area contributed by atoms with E-state index in [0.29, 0.717) is 17.4 Å². The average Bonchev–Trinajstić information content (AvgIpc) is 3.23. The number of esters is 1. The number of anilines is 1. The molecule has 0 spiro atoms. The highest BCUT2D eigenvalue weighted by Gasteiger charge is 2.48. The zero-order valence-corrected chi connectivity index (χ0v) is 15.7. The number of nitrogens with zero attached hydrogens (tertiary/aromatic N) is 3. The molecule has 6 nitrogen and oxygen atoms in total. The van der Waals surface area contributed by atoms with Gasteiger partial charge in [0.1, 0.15) is 0 Å². The van der Waals surface area contributed by atoms with Crippen molar-refractivity contribution in [2.24, 2.45) is 18.9 Å². The van der Waals surface area contributed by atoms with Gasteiger partial charge in [0.05, 0.1) is 29.3 Å². The summed E-state index contributed by atoms with van der Waals surface area (Å²) in [5.41, 5.74) is 1.76. The van der Waals surface area contributed by atoms with E-state index < -0.39 is 5.60 Å². The van der Waals surface area contributed by atoms with Crippen LogP contribution in [0.5, 0.6) is 0 Å². The molecule has 1 saturated carbocycles. The third-order valence-electron chi connectivity index (χ3n) is 6.49. The fourth-order valence-electron chi connectivity index (χ4n) is 4.95. The summed E-state index contributed by atoms with van der Waals surface area (Å²) in [7, 11) is 3.40. The first-order valence-corrected chi connectivity index (χ1v) is 9.49. The summed E-state index contributed by atoms with van der Waals surface area (Å²) in [6.45, 7) is 3.87. The molecule has 2 aromatic rings. The molecule has 2 fully saturated rings. The van der Waals surface area contributed by atoms with E-state index in [1.165, 1.54) is 13.5 Å². The Morgan fingerprint density at radius 3 is 2.96 bits per heavy atom. The van der Waals surface area contributed by atoms with Crippen LogP contribution >= 0.6 is 0 Å². The molecular weight excluding hydrogens is 330 g/mol. The minimum atomic E-state index is -0.541. The minimum absolute atomic E-state index is 0.312. The molecule has 4 rings (SSSR count). The number of fused-ring (bicyclic) bond motifs is 2. The molecule has 1 aromatic carbocycles.